The second kappa shape index (κ2) is 3.15. The first kappa shape index (κ1) is 11.6. The highest BCUT2D eigenvalue weighted by atomic mass is 16.0. The molecule has 12 heavy (non-hydrogen) atoms. The largest absolute Gasteiger partial charge is 0.412 e. The maximum Gasteiger partial charge on any atom is 0.105 e. The standard InChI is InChI=1S/C9H18N2.H2O/c1-7-6-8(2,3)11-9(4,5)10-7;/h11H,6H2,1-5H3;1H2. The highest BCUT2D eigenvalue weighted by molar-refractivity contribution is 5.84. The van der Waals surface area contributed by atoms with E-state index in [1.165, 1.54) is 5.71 Å². The fraction of sp³-hybridized carbons (Fsp3) is 0.889. The van der Waals surface area contributed by atoms with Crippen LogP contribution in [0.1, 0.15) is 41.0 Å². The molecule has 0 saturated heterocycles. The third-order valence-electron chi connectivity index (χ3n) is 1.81. The van der Waals surface area contributed by atoms with Gasteiger partial charge < -0.3 is 5.48 Å². The molecular weight excluding hydrogens is 152 g/mol. The molecule has 72 valence electrons. The van der Waals surface area contributed by atoms with Gasteiger partial charge in [0.2, 0.25) is 0 Å². The molecule has 3 heteroatoms. The summed E-state index contributed by atoms with van der Waals surface area (Å²) < 4.78 is 0. The highest BCUT2D eigenvalue weighted by Gasteiger charge is 2.31. The molecule has 0 spiro atoms. The van der Waals surface area contributed by atoms with Gasteiger partial charge in [-0.15, -0.1) is 0 Å². The second-order valence-electron chi connectivity index (χ2n) is 4.59. The Balaban J connectivity index is 0.00000121. The van der Waals surface area contributed by atoms with Crippen LogP contribution in [-0.4, -0.2) is 22.4 Å². The minimum atomic E-state index is -0.0775. The van der Waals surface area contributed by atoms with Crippen molar-refractivity contribution in [2.45, 2.75) is 52.2 Å². The van der Waals surface area contributed by atoms with Crippen molar-refractivity contribution in [1.29, 1.82) is 0 Å². The Kier molecular flexibility index (Phi) is 3.04. The number of hydrogen-bond donors (Lipinski definition) is 1. The molecule has 0 bridgehead atoms. The number of aliphatic imine (C=N–C) groups is 1. The minimum Gasteiger partial charge on any atom is -0.412 e. The van der Waals surface area contributed by atoms with Gasteiger partial charge in [0.25, 0.3) is 0 Å². The van der Waals surface area contributed by atoms with E-state index >= 15 is 0 Å². The lowest BCUT2D eigenvalue weighted by Gasteiger charge is -2.39. The molecule has 0 unspecified atom stereocenters. The number of nitrogens with one attached hydrogen (secondary N) is 1. The van der Waals surface area contributed by atoms with Gasteiger partial charge >= 0.3 is 0 Å². The van der Waals surface area contributed by atoms with Crippen molar-refractivity contribution in [2.24, 2.45) is 4.99 Å². The lowest BCUT2D eigenvalue weighted by atomic mass is 9.93. The smallest absolute Gasteiger partial charge is 0.105 e. The van der Waals surface area contributed by atoms with Gasteiger partial charge in [0, 0.05) is 17.7 Å². The van der Waals surface area contributed by atoms with Crippen molar-refractivity contribution < 1.29 is 5.48 Å². The van der Waals surface area contributed by atoms with Crippen LogP contribution in [0.2, 0.25) is 0 Å². The van der Waals surface area contributed by atoms with Crippen LogP contribution >= 0.6 is 0 Å². The fourth-order valence-electron chi connectivity index (χ4n) is 2.06. The van der Waals surface area contributed by atoms with Crippen LogP contribution in [0.4, 0.5) is 0 Å². The molecule has 1 heterocycles. The van der Waals surface area contributed by atoms with E-state index in [1.54, 1.807) is 0 Å². The average Bonchev–Trinajstić information content (AvgIpc) is 1.49. The summed E-state index contributed by atoms with van der Waals surface area (Å²) in [5.41, 5.74) is 1.38. The average molecular weight is 172 g/mol. The van der Waals surface area contributed by atoms with Crippen LogP contribution in [0.25, 0.3) is 0 Å². The third kappa shape index (κ3) is 2.91. The van der Waals surface area contributed by atoms with Crippen molar-refractivity contribution in [2.75, 3.05) is 0 Å². The summed E-state index contributed by atoms with van der Waals surface area (Å²) in [7, 11) is 0. The SMILES string of the molecule is CC1=NC(C)(C)NC(C)(C)C1.O. The molecule has 0 amide bonds. The minimum absolute atomic E-state index is 0. The van der Waals surface area contributed by atoms with E-state index in [0.29, 0.717) is 0 Å². The van der Waals surface area contributed by atoms with Crippen LogP contribution < -0.4 is 5.32 Å². The number of hydrogen-bond acceptors (Lipinski definition) is 2. The summed E-state index contributed by atoms with van der Waals surface area (Å²) >= 11 is 0. The van der Waals surface area contributed by atoms with Crippen molar-refractivity contribution in [3.8, 4) is 0 Å². The Morgan fingerprint density at radius 2 is 1.75 bits per heavy atom. The van der Waals surface area contributed by atoms with Gasteiger partial charge in [-0.25, -0.2) is 0 Å². The summed E-state index contributed by atoms with van der Waals surface area (Å²) in [6, 6.07) is 0. The molecule has 0 aliphatic carbocycles. The van der Waals surface area contributed by atoms with E-state index in [2.05, 4.69) is 44.9 Å². The van der Waals surface area contributed by atoms with E-state index in [1.807, 2.05) is 0 Å². The van der Waals surface area contributed by atoms with Crippen molar-refractivity contribution in [3.63, 3.8) is 0 Å². The van der Waals surface area contributed by atoms with Crippen LogP contribution in [0.15, 0.2) is 4.99 Å². The first-order valence-corrected chi connectivity index (χ1v) is 4.15. The molecule has 1 aliphatic rings. The van der Waals surface area contributed by atoms with Gasteiger partial charge in [-0.3, -0.25) is 10.3 Å². The first-order chi connectivity index (χ1) is 4.81. The number of rotatable bonds is 0. The van der Waals surface area contributed by atoms with Gasteiger partial charge in [-0.1, -0.05) is 0 Å². The van der Waals surface area contributed by atoms with Gasteiger partial charge in [0.15, 0.2) is 0 Å². The Morgan fingerprint density at radius 1 is 1.25 bits per heavy atom. The summed E-state index contributed by atoms with van der Waals surface area (Å²) in [6.45, 7) is 10.7. The van der Waals surface area contributed by atoms with E-state index in [-0.39, 0.29) is 16.7 Å². The van der Waals surface area contributed by atoms with Crippen molar-refractivity contribution >= 4 is 5.71 Å². The Morgan fingerprint density at radius 3 is 2.08 bits per heavy atom. The summed E-state index contributed by atoms with van der Waals surface area (Å²) in [5, 5.41) is 3.47. The summed E-state index contributed by atoms with van der Waals surface area (Å²) in [4.78, 5) is 4.52. The van der Waals surface area contributed by atoms with E-state index in [9.17, 15) is 0 Å². The molecular formula is C9H20N2O. The first-order valence-electron chi connectivity index (χ1n) is 4.15. The predicted octanol–water partition coefficient (Wildman–Crippen LogP) is 1.13. The molecule has 3 nitrogen and oxygen atoms in total. The Labute approximate surface area is 74.6 Å². The monoisotopic (exact) mass is 172 g/mol. The van der Waals surface area contributed by atoms with E-state index in [4.69, 9.17) is 0 Å². The molecule has 1 rings (SSSR count). The molecule has 0 aromatic carbocycles. The summed E-state index contributed by atoms with van der Waals surface area (Å²) in [6.07, 6.45) is 1.05. The number of nitrogens with zero attached hydrogens (tertiary/aromatic N) is 1. The maximum atomic E-state index is 4.52. The quantitative estimate of drug-likeness (QED) is 0.585. The van der Waals surface area contributed by atoms with Gasteiger partial charge in [0.1, 0.15) is 5.66 Å². The molecule has 0 aromatic rings. The normalized spacial score (nSPS) is 25.6. The molecule has 0 aromatic heterocycles. The van der Waals surface area contributed by atoms with Crippen LogP contribution in [-0.2, 0) is 0 Å². The molecule has 1 aliphatic heterocycles. The zero-order valence-electron chi connectivity index (χ0n) is 8.65. The molecule has 3 N–H and O–H groups in total. The van der Waals surface area contributed by atoms with E-state index < -0.39 is 0 Å². The van der Waals surface area contributed by atoms with Gasteiger partial charge in [-0.05, 0) is 34.6 Å². The molecule has 0 saturated carbocycles. The lowest BCUT2D eigenvalue weighted by Crippen LogP contribution is -2.55. The zero-order chi connectivity index (χ0) is 8.70. The Bertz CT molecular complexity index is 195. The van der Waals surface area contributed by atoms with Crippen LogP contribution in [0.3, 0.4) is 0 Å². The van der Waals surface area contributed by atoms with Crippen LogP contribution in [0.5, 0.6) is 0 Å². The second-order valence-corrected chi connectivity index (χ2v) is 4.59. The topological polar surface area (TPSA) is 55.9 Å². The highest BCUT2D eigenvalue weighted by Crippen LogP contribution is 2.22. The van der Waals surface area contributed by atoms with Gasteiger partial charge in [0.05, 0.1) is 0 Å². The van der Waals surface area contributed by atoms with Gasteiger partial charge in [-0.2, -0.15) is 0 Å². The third-order valence-corrected chi connectivity index (χ3v) is 1.81. The Hall–Kier alpha value is -0.410. The van der Waals surface area contributed by atoms with Crippen LogP contribution in [0, 0.1) is 0 Å². The lowest BCUT2D eigenvalue weighted by molar-refractivity contribution is 0.261. The van der Waals surface area contributed by atoms with Crippen molar-refractivity contribution in [3.05, 3.63) is 0 Å². The maximum absolute atomic E-state index is 4.52. The molecule has 0 atom stereocenters. The molecule has 0 radical (unpaired) electrons. The zero-order valence-corrected chi connectivity index (χ0v) is 8.65. The fourth-order valence-corrected chi connectivity index (χ4v) is 2.06. The van der Waals surface area contributed by atoms with E-state index in [0.717, 1.165) is 6.42 Å². The molecule has 0 fully saturated rings. The van der Waals surface area contributed by atoms with Crippen molar-refractivity contribution in [1.82, 2.24) is 5.32 Å². The summed E-state index contributed by atoms with van der Waals surface area (Å²) in [5.74, 6) is 0. The predicted molar refractivity (Wildman–Crippen MR) is 52.6 cm³/mol.